The van der Waals surface area contributed by atoms with Crippen LogP contribution >= 0.6 is 0 Å². The summed E-state index contributed by atoms with van der Waals surface area (Å²) >= 11 is 0. The average molecular weight is 532 g/mol. The summed E-state index contributed by atoms with van der Waals surface area (Å²) < 4.78 is 12.5. The summed E-state index contributed by atoms with van der Waals surface area (Å²) in [4.78, 5) is 48.8. The van der Waals surface area contributed by atoms with E-state index < -0.39 is 0 Å². The van der Waals surface area contributed by atoms with Gasteiger partial charge >= 0.3 is 0 Å². The van der Waals surface area contributed by atoms with E-state index >= 15 is 0 Å². The molecule has 2 N–H and O–H groups in total. The van der Waals surface area contributed by atoms with Crippen LogP contribution in [-0.2, 0) is 22.7 Å². The van der Waals surface area contributed by atoms with Gasteiger partial charge in [-0.1, -0.05) is 18.2 Å². The van der Waals surface area contributed by atoms with Crippen LogP contribution in [0.15, 0.2) is 53.3 Å². The molecule has 1 fully saturated rings. The molecule has 0 saturated carbocycles. The summed E-state index contributed by atoms with van der Waals surface area (Å²) in [5.41, 5.74) is 2.78. The summed E-state index contributed by atoms with van der Waals surface area (Å²) in [5, 5.41) is 3.10. The summed E-state index contributed by atoms with van der Waals surface area (Å²) in [6.07, 6.45) is 0.453. The fourth-order valence-electron chi connectivity index (χ4n) is 5.06. The number of nitrogens with zero attached hydrogens (tertiary/aromatic N) is 3. The predicted octanol–water partition coefficient (Wildman–Crippen LogP) is 2.54. The van der Waals surface area contributed by atoms with Crippen molar-refractivity contribution in [3.05, 3.63) is 87.1 Å². The van der Waals surface area contributed by atoms with Crippen LogP contribution in [0.25, 0.3) is 0 Å². The summed E-state index contributed by atoms with van der Waals surface area (Å²) in [6.45, 7) is 5.66. The van der Waals surface area contributed by atoms with Crippen molar-refractivity contribution in [3.63, 3.8) is 0 Å². The fraction of sp³-hybridized carbons (Fsp3) is 0.379. The zero-order valence-electron chi connectivity index (χ0n) is 22.4. The van der Waals surface area contributed by atoms with Crippen molar-refractivity contribution < 1.29 is 19.1 Å². The van der Waals surface area contributed by atoms with Crippen molar-refractivity contribution >= 4 is 11.8 Å². The van der Waals surface area contributed by atoms with Gasteiger partial charge in [-0.25, -0.2) is 4.98 Å². The first-order valence-electron chi connectivity index (χ1n) is 13.1. The number of benzene rings is 2. The van der Waals surface area contributed by atoms with Crippen LogP contribution in [0.1, 0.15) is 39.4 Å². The van der Waals surface area contributed by atoms with Gasteiger partial charge < -0.3 is 24.7 Å². The minimum absolute atomic E-state index is 0.0972. The molecule has 10 heteroatoms. The number of carbonyl (C=O) groups excluding carboxylic acids is 2. The van der Waals surface area contributed by atoms with Gasteiger partial charge in [0.25, 0.3) is 11.5 Å². The molecule has 5 rings (SSSR count). The molecule has 3 aromatic rings. The largest absolute Gasteiger partial charge is 0.457 e. The molecule has 2 atom stereocenters. The van der Waals surface area contributed by atoms with Crippen LogP contribution in [0.4, 0.5) is 0 Å². The summed E-state index contributed by atoms with van der Waals surface area (Å²) in [7, 11) is 1.61. The zero-order valence-corrected chi connectivity index (χ0v) is 22.4. The topological polar surface area (TPSA) is 117 Å². The van der Waals surface area contributed by atoms with Gasteiger partial charge in [0.15, 0.2) is 0 Å². The van der Waals surface area contributed by atoms with E-state index in [-0.39, 0.29) is 36.1 Å². The lowest BCUT2D eigenvalue weighted by molar-refractivity contribution is -0.125. The van der Waals surface area contributed by atoms with E-state index in [0.29, 0.717) is 54.7 Å². The van der Waals surface area contributed by atoms with Gasteiger partial charge in [-0.05, 0) is 55.7 Å². The second-order valence-corrected chi connectivity index (χ2v) is 10.3. The normalized spacial score (nSPS) is 20.6. The average Bonchev–Trinajstić information content (AvgIpc) is 2.88. The lowest BCUT2D eigenvalue weighted by Gasteiger charge is -2.39. The van der Waals surface area contributed by atoms with Crippen LogP contribution in [0.3, 0.4) is 0 Å². The van der Waals surface area contributed by atoms with E-state index in [1.54, 1.807) is 26.1 Å². The van der Waals surface area contributed by atoms with E-state index in [9.17, 15) is 14.4 Å². The van der Waals surface area contributed by atoms with Gasteiger partial charge in [0, 0.05) is 38.3 Å². The highest BCUT2D eigenvalue weighted by molar-refractivity contribution is 5.96. The molecule has 4 bridgehead atoms. The summed E-state index contributed by atoms with van der Waals surface area (Å²) in [5.74, 6) is 1.26. The number of ether oxygens (including phenoxy) is 2. The van der Waals surface area contributed by atoms with E-state index in [2.05, 4.69) is 20.2 Å². The third-order valence-corrected chi connectivity index (χ3v) is 7.03. The number of aromatic amines is 1. The Morgan fingerprint density at radius 3 is 2.74 bits per heavy atom. The molecule has 3 heterocycles. The first kappa shape index (κ1) is 26.6. The highest BCUT2D eigenvalue weighted by Crippen LogP contribution is 2.28. The smallest absolute Gasteiger partial charge is 0.254 e. The predicted molar refractivity (Wildman–Crippen MR) is 145 cm³/mol. The Labute approximate surface area is 226 Å². The van der Waals surface area contributed by atoms with Crippen molar-refractivity contribution in [2.24, 2.45) is 0 Å². The van der Waals surface area contributed by atoms with E-state index in [1.165, 1.54) is 11.0 Å². The third-order valence-electron chi connectivity index (χ3n) is 7.03. The van der Waals surface area contributed by atoms with E-state index in [1.807, 2.05) is 37.3 Å². The second-order valence-electron chi connectivity index (χ2n) is 10.3. The lowest BCUT2D eigenvalue weighted by atomic mass is 10.0. The number of hydrogen-bond donors (Lipinski definition) is 2. The summed E-state index contributed by atoms with van der Waals surface area (Å²) in [6, 6.07) is 14.2. The minimum Gasteiger partial charge on any atom is -0.457 e. The van der Waals surface area contributed by atoms with Gasteiger partial charge in [-0.2, -0.15) is 0 Å². The zero-order chi connectivity index (χ0) is 27.5. The number of fused-ring (bicyclic) bond motifs is 5. The highest BCUT2D eigenvalue weighted by Gasteiger charge is 2.32. The molecule has 0 unspecified atom stereocenters. The quantitative estimate of drug-likeness (QED) is 0.522. The molecule has 1 aromatic heterocycles. The monoisotopic (exact) mass is 531 g/mol. The molecule has 1 saturated heterocycles. The van der Waals surface area contributed by atoms with E-state index in [4.69, 9.17) is 9.47 Å². The van der Waals surface area contributed by atoms with Gasteiger partial charge in [-0.15, -0.1) is 0 Å². The number of aromatic nitrogens is 2. The number of aryl methyl sites for hydroxylation is 2. The maximum Gasteiger partial charge on any atom is 0.254 e. The van der Waals surface area contributed by atoms with Crippen LogP contribution in [-0.4, -0.2) is 70.4 Å². The minimum atomic E-state index is -0.309. The van der Waals surface area contributed by atoms with Crippen molar-refractivity contribution in [2.45, 2.75) is 45.6 Å². The molecule has 204 valence electrons. The third kappa shape index (κ3) is 6.52. The van der Waals surface area contributed by atoms with Gasteiger partial charge in [-0.3, -0.25) is 19.3 Å². The number of piperidine rings is 1. The van der Waals surface area contributed by atoms with Gasteiger partial charge in [0.1, 0.15) is 17.3 Å². The molecule has 2 aromatic carbocycles. The molecule has 2 aliphatic rings. The number of H-pyrrole nitrogens is 1. The standard InChI is InChI=1S/C29H33N5O5/c1-18-7-8-21-12-26(18)39-23-6-4-5-20(11-23)17-38-25-9-10-34(14-22-13-27(35)31-19(2)30-22)15-24(25)32-28(36)16-33(3)29(21)37/h4-8,11-13,24-25H,9-10,14-17H2,1-3H3,(H,32,36)(H,30,31,35)/t24-,25+/m0/s1. The Bertz CT molecular complexity index is 1440. The second kappa shape index (κ2) is 11.4. The molecular formula is C29H33N5O5. The van der Waals surface area contributed by atoms with Crippen molar-refractivity contribution in [3.8, 4) is 11.5 Å². The van der Waals surface area contributed by atoms with E-state index in [0.717, 1.165) is 17.7 Å². The first-order valence-corrected chi connectivity index (χ1v) is 13.1. The number of amides is 2. The fourth-order valence-corrected chi connectivity index (χ4v) is 5.06. The van der Waals surface area contributed by atoms with Crippen molar-refractivity contribution in [1.82, 2.24) is 25.1 Å². The number of hydrogen-bond acceptors (Lipinski definition) is 7. The molecule has 0 spiro atoms. The van der Waals surface area contributed by atoms with Crippen LogP contribution in [0.5, 0.6) is 11.5 Å². The molecule has 0 aliphatic carbocycles. The van der Waals surface area contributed by atoms with Gasteiger partial charge in [0.2, 0.25) is 5.91 Å². The maximum atomic E-state index is 13.2. The Kier molecular flexibility index (Phi) is 7.76. The molecular weight excluding hydrogens is 498 g/mol. The Balaban J connectivity index is 1.39. The molecule has 2 aliphatic heterocycles. The Morgan fingerprint density at radius 1 is 1.08 bits per heavy atom. The van der Waals surface area contributed by atoms with Crippen LogP contribution < -0.4 is 15.6 Å². The molecule has 2 amide bonds. The SMILES string of the molecule is Cc1nc(CN2CC[C@H]3OCc4cccc(c4)Oc4cc(ccc4C)C(=O)N(C)CC(=O)N[C@H]3C2)cc(=O)[nH]1. The number of rotatable bonds is 2. The molecule has 0 radical (unpaired) electrons. The number of likely N-dealkylation sites (N-methyl/N-ethyl adjacent to an activating group) is 1. The highest BCUT2D eigenvalue weighted by atomic mass is 16.5. The van der Waals surface area contributed by atoms with Crippen LogP contribution in [0.2, 0.25) is 0 Å². The first-order chi connectivity index (χ1) is 18.7. The molecule has 10 nitrogen and oxygen atoms in total. The Morgan fingerprint density at radius 2 is 1.92 bits per heavy atom. The number of nitrogens with one attached hydrogen (secondary N) is 2. The number of likely N-dealkylation sites (tertiary alicyclic amines) is 1. The Hall–Kier alpha value is -4.02. The van der Waals surface area contributed by atoms with Crippen molar-refractivity contribution in [1.29, 1.82) is 0 Å². The van der Waals surface area contributed by atoms with Crippen LogP contribution in [0, 0.1) is 13.8 Å². The maximum absolute atomic E-state index is 13.2. The lowest BCUT2D eigenvalue weighted by Crippen LogP contribution is -2.57. The van der Waals surface area contributed by atoms with Crippen molar-refractivity contribution in [2.75, 3.05) is 26.7 Å². The molecule has 39 heavy (non-hydrogen) atoms. The number of carbonyl (C=O) groups is 2. The van der Waals surface area contributed by atoms with Gasteiger partial charge in [0.05, 0.1) is 31.0 Å².